The van der Waals surface area contributed by atoms with Gasteiger partial charge in [0.05, 0.1) is 16.8 Å². The lowest BCUT2D eigenvalue weighted by Gasteiger charge is -2.37. The molecule has 16 heteroatoms. The number of hydrogen-bond acceptors (Lipinski definition) is 13. The largest absolute Gasteiger partial charge is 0.507 e. The minimum Gasteiger partial charge on any atom is -0.507 e. The van der Waals surface area contributed by atoms with Crippen LogP contribution in [0, 0.1) is 0 Å². The fraction of sp³-hybridized carbons (Fsp3) is 0.303. The van der Waals surface area contributed by atoms with Gasteiger partial charge in [-0.05, 0) is 61.4 Å². The maximum atomic E-state index is 13.7. The molecule has 2 aliphatic heterocycles. The van der Waals surface area contributed by atoms with Crippen molar-refractivity contribution in [2.45, 2.75) is 37.0 Å². The van der Waals surface area contributed by atoms with E-state index in [1.54, 1.807) is 42.5 Å². The van der Waals surface area contributed by atoms with Crippen LogP contribution in [0.3, 0.4) is 0 Å². The number of phenols is 1. The fourth-order valence-electron chi connectivity index (χ4n) is 6.03. The van der Waals surface area contributed by atoms with Crippen LogP contribution in [0.2, 0.25) is 5.02 Å². The highest BCUT2D eigenvalue weighted by molar-refractivity contribution is 6.31. The van der Waals surface area contributed by atoms with Crippen molar-refractivity contribution in [3.05, 3.63) is 82.9 Å². The topological polar surface area (TPSA) is 240 Å². The van der Waals surface area contributed by atoms with Gasteiger partial charge >= 0.3 is 0 Å². The molecule has 49 heavy (non-hydrogen) atoms. The Bertz CT molecular complexity index is 1770. The van der Waals surface area contributed by atoms with Gasteiger partial charge in [-0.25, -0.2) is 0 Å². The van der Waals surface area contributed by atoms with Crippen LogP contribution in [-0.2, 0) is 0 Å². The monoisotopic (exact) mass is 686 g/mol. The molecule has 4 aromatic rings. The summed E-state index contributed by atoms with van der Waals surface area (Å²) in [6, 6.07) is 17.2. The summed E-state index contributed by atoms with van der Waals surface area (Å²) in [4.78, 5) is 44.9. The minimum atomic E-state index is -0.633. The molecule has 256 valence electrons. The molecule has 0 spiro atoms. The average molecular weight is 687 g/mol. The number of amides is 2. The number of halogens is 1. The summed E-state index contributed by atoms with van der Waals surface area (Å²) in [5, 5.41) is 19.4. The number of rotatable bonds is 8. The Kier molecular flexibility index (Phi) is 10.1. The standard InChI is InChI=1S/C33H39ClN12O3/c34-18-6-8-25(28(47)10-18)29(48)41-27-9-7-24(13-26(27)30(49)39-23-4-2-1-3-5-23)40-31-42-32(45-14-19(35)11-20(36)15-45)44-33(43-31)46-16-21(37)12-22(38)17-46/h1-10,13,19-22,47H,11-12,14-17,35-38H2,(H,39,49)(H,41,48)(H,40,42,43,44)/t19-,20+,21-,22+. The molecule has 12 N–H and O–H groups in total. The van der Waals surface area contributed by atoms with Gasteiger partial charge in [-0.2, -0.15) is 15.0 Å². The van der Waals surface area contributed by atoms with Crippen LogP contribution in [0.5, 0.6) is 5.75 Å². The zero-order valence-corrected chi connectivity index (χ0v) is 27.3. The zero-order valence-electron chi connectivity index (χ0n) is 26.6. The van der Waals surface area contributed by atoms with Gasteiger partial charge in [0, 0.05) is 66.7 Å². The van der Waals surface area contributed by atoms with Gasteiger partial charge in [0.25, 0.3) is 11.8 Å². The Hall–Kier alpha value is -5.06. The van der Waals surface area contributed by atoms with Gasteiger partial charge < -0.3 is 53.8 Å². The van der Waals surface area contributed by atoms with Crippen LogP contribution >= 0.6 is 11.6 Å². The highest BCUT2D eigenvalue weighted by Crippen LogP contribution is 2.29. The number of aromatic nitrogens is 3. The van der Waals surface area contributed by atoms with E-state index in [9.17, 15) is 14.7 Å². The molecule has 0 bridgehead atoms. The lowest BCUT2D eigenvalue weighted by molar-refractivity contribution is 0.102. The Morgan fingerprint density at radius 1 is 0.694 bits per heavy atom. The third kappa shape index (κ3) is 8.33. The Labute approximate surface area is 288 Å². The molecule has 0 radical (unpaired) electrons. The molecular formula is C33H39ClN12O3. The van der Waals surface area contributed by atoms with E-state index in [1.807, 2.05) is 15.9 Å². The number of piperidine rings is 2. The number of para-hydroxylation sites is 1. The van der Waals surface area contributed by atoms with Gasteiger partial charge in [0.15, 0.2) is 0 Å². The Balaban J connectivity index is 1.34. The molecule has 2 amide bonds. The van der Waals surface area contributed by atoms with E-state index >= 15 is 0 Å². The summed E-state index contributed by atoms with van der Waals surface area (Å²) < 4.78 is 0. The number of benzene rings is 3. The molecule has 0 aliphatic carbocycles. The quantitative estimate of drug-likeness (QED) is 0.133. The van der Waals surface area contributed by atoms with Crippen LogP contribution < -0.4 is 48.7 Å². The summed E-state index contributed by atoms with van der Waals surface area (Å²) in [6.07, 6.45) is 1.37. The van der Waals surface area contributed by atoms with Crippen LogP contribution in [0.1, 0.15) is 33.6 Å². The number of carbonyl (C=O) groups is 2. The number of aromatic hydroxyl groups is 1. The Morgan fingerprint density at radius 3 is 1.84 bits per heavy atom. The molecule has 2 aliphatic rings. The van der Waals surface area contributed by atoms with Gasteiger partial charge in [0.2, 0.25) is 17.8 Å². The second-order valence-corrected chi connectivity index (χ2v) is 12.8. The van der Waals surface area contributed by atoms with Crippen molar-refractivity contribution in [2.24, 2.45) is 22.9 Å². The summed E-state index contributed by atoms with van der Waals surface area (Å²) in [6.45, 7) is 2.04. The van der Waals surface area contributed by atoms with Crippen LogP contribution in [0.15, 0.2) is 66.7 Å². The van der Waals surface area contributed by atoms with Crippen molar-refractivity contribution < 1.29 is 14.7 Å². The molecule has 0 unspecified atom stereocenters. The second-order valence-electron chi connectivity index (χ2n) is 12.4. The maximum Gasteiger partial charge on any atom is 0.259 e. The van der Waals surface area contributed by atoms with Crippen molar-refractivity contribution in [3.8, 4) is 5.75 Å². The summed E-state index contributed by atoms with van der Waals surface area (Å²) in [5.41, 5.74) is 26.5. The van der Waals surface area contributed by atoms with Crippen molar-refractivity contribution in [3.63, 3.8) is 0 Å². The van der Waals surface area contributed by atoms with Crippen LogP contribution in [-0.4, -0.2) is 82.2 Å². The van der Waals surface area contributed by atoms with E-state index < -0.39 is 11.8 Å². The van der Waals surface area contributed by atoms with E-state index in [1.165, 1.54) is 18.2 Å². The molecule has 15 nitrogen and oxygen atoms in total. The molecule has 3 heterocycles. The van der Waals surface area contributed by atoms with Crippen molar-refractivity contribution in [2.75, 3.05) is 51.9 Å². The number of nitrogens with one attached hydrogen (secondary N) is 3. The number of nitrogens with two attached hydrogens (primary N) is 4. The Morgan fingerprint density at radius 2 is 1.27 bits per heavy atom. The summed E-state index contributed by atoms with van der Waals surface area (Å²) >= 11 is 5.95. The predicted molar refractivity (Wildman–Crippen MR) is 191 cm³/mol. The van der Waals surface area contributed by atoms with E-state index in [-0.39, 0.29) is 57.7 Å². The van der Waals surface area contributed by atoms with Gasteiger partial charge in [-0.15, -0.1) is 0 Å². The average Bonchev–Trinajstić information content (AvgIpc) is 3.05. The van der Waals surface area contributed by atoms with Crippen molar-refractivity contribution >= 4 is 58.3 Å². The molecule has 1 aromatic heterocycles. The normalized spacial score (nSPS) is 20.8. The highest BCUT2D eigenvalue weighted by atomic mass is 35.5. The molecule has 2 saturated heterocycles. The third-order valence-electron chi connectivity index (χ3n) is 8.21. The fourth-order valence-corrected chi connectivity index (χ4v) is 6.20. The zero-order chi connectivity index (χ0) is 34.7. The maximum absolute atomic E-state index is 13.7. The van der Waals surface area contributed by atoms with Crippen molar-refractivity contribution in [1.29, 1.82) is 0 Å². The number of carbonyl (C=O) groups excluding carboxylic acids is 2. The first-order chi connectivity index (χ1) is 23.5. The third-order valence-corrected chi connectivity index (χ3v) is 8.45. The highest BCUT2D eigenvalue weighted by Gasteiger charge is 2.29. The minimum absolute atomic E-state index is 0.0134. The van der Waals surface area contributed by atoms with Crippen molar-refractivity contribution in [1.82, 2.24) is 15.0 Å². The second kappa shape index (κ2) is 14.6. The van der Waals surface area contributed by atoms with Crippen LogP contribution in [0.25, 0.3) is 0 Å². The molecule has 2 fully saturated rings. The van der Waals surface area contributed by atoms with Gasteiger partial charge in [-0.3, -0.25) is 9.59 Å². The van der Waals surface area contributed by atoms with E-state index in [2.05, 4.69) is 16.0 Å². The SMILES string of the molecule is N[C@@H]1C[C@H](N)CN(c2nc(Nc3ccc(NC(=O)c4ccc(Cl)cc4O)c(C(=O)Nc4ccccc4)c3)nc(N3C[C@H](N)C[C@H](N)C3)n2)C1. The first-order valence-electron chi connectivity index (χ1n) is 15.9. The van der Waals surface area contributed by atoms with Gasteiger partial charge in [0.1, 0.15) is 5.75 Å². The molecule has 3 aromatic carbocycles. The molecule has 4 atom stereocenters. The molecule has 6 rings (SSSR count). The lowest BCUT2D eigenvalue weighted by Crippen LogP contribution is -2.54. The number of hydrogen-bond donors (Lipinski definition) is 8. The summed E-state index contributed by atoms with van der Waals surface area (Å²) in [7, 11) is 0. The molecular weight excluding hydrogens is 648 g/mol. The lowest BCUT2D eigenvalue weighted by atomic mass is 10.0. The smallest absolute Gasteiger partial charge is 0.259 e. The first kappa shape index (κ1) is 33.8. The van der Waals surface area contributed by atoms with Gasteiger partial charge in [-0.1, -0.05) is 29.8 Å². The number of phenolic OH excluding ortho intramolecular Hbond substituents is 1. The summed E-state index contributed by atoms with van der Waals surface area (Å²) in [5.74, 6) is -0.440. The van der Waals surface area contributed by atoms with Crippen LogP contribution in [0.4, 0.5) is 34.9 Å². The van der Waals surface area contributed by atoms with E-state index in [0.717, 1.165) is 0 Å². The van der Waals surface area contributed by atoms with E-state index in [0.29, 0.717) is 62.3 Å². The molecule has 0 saturated carbocycles. The number of anilines is 6. The first-order valence-corrected chi connectivity index (χ1v) is 16.2. The van der Waals surface area contributed by atoms with E-state index in [4.69, 9.17) is 49.5 Å². The number of nitrogens with zero attached hydrogens (tertiary/aromatic N) is 5. The predicted octanol–water partition coefficient (Wildman–Crippen LogP) is 2.21.